The number of phenolic OH excluding ortho intramolecular Hbond substituents is 1. The van der Waals surface area contributed by atoms with Gasteiger partial charge in [-0.1, -0.05) is 55.4 Å². The molecule has 25 heavy (non-hydrogen) atoms. The molecule has 0 fully saturated rings. The molecule has 0 aliphatic heterocycles. The average Bonchev–Trinajstić information content (AvgIpc) is 2.41. The van der Waals surface area contributed by atoms with Gasteiger partial charge in [0.25, 0.3) is 0 Å². The van der Waals surface area contributed by atoms with Crippen LogP contribution in [-0.4, -0.2) is 14.9 Å². The van der Waals surface area contributed by atoms with Crippen LogP contribution in [0.1, 0.15) is 84.9 Å². The highest BCUT2D eigenvalue weighted by Crippen LogP contribution is 2.51. The van der Waals surface area contributed by atoms with Crippen LogP contribution in [-0.2, 0) is 25.5 Å². The lowest BCUT2D eigenvalue weighted by Crippen LogP contribution is -2.29. The second-order valence-corrected chi connectivity index (χ2v) is 9.87. The molecule has 0 bridgehead atoms. The molecule has 144 valence electrons. The molecule has 0 saturated heterocycles. The van der Waals surface area contributed by atoms with Crippen LogP contribution in [0.15, 0.2) is 12.1 Å². The largest absolute Gasteiger partial charge is 0.507 e. The van der Waals surface area contributed by atoms with Crippen LogP contribution in [0.5, 0.6) is 5.75 Å². The molecule has 0 spiro atoms. The van der Waals surface area contributed by atoms with Crippen LogP contribution in [0.25, 0.3) is 0 Å². The third kappa shape index (κ3) is 5.07. The molecule has 1 rings (SSSR count). The number of phosphoric ester groups is 1. The van der Waals surface area contributed by atoms with Gasteiger partial charge in [-0.05, 0) is 52.5 Å². The molecule has 1 aromatic carbocycles. The zero-order valence-corrected chi connectivity index (χ0v) is 17.6. The highest BCUT2D eigenvalue weighted by Gasteiger charge is 2.39. The maximum atomic E-state index is 11.6. The number of hydrogen-bond donors (Lipinski definition) is 3. The number of aromatic hydroxyl groups is 1. The van der Waals surface area contributed by atoms with E-state index in [0.29, 0.717) is 18.4 Å². The van der Waals surface area contributed by atoms with Crippen LogP contribution in [0.3, 0.4) is 0 Å². The van der Waals surface area contributed by atoms with Gasteiger partial charge in [0.05, 0.1) is 0 Å². The van der Waals surface area contributed by atoms with Crippen molar-refractivity contribution in [1.82, 2.24) is 0 Å². The van der Waals surface area contributed by atoms with E-state index >= 15 is 0 Å². The molecular weight excluding hydrogens is 339 g/mol. The Labute approximate surface area is 151 Å². The van der Waals surface area contributed by atoms with Gasteiger partial charge in [0.2, 0.25) is 0 Å². The minimum Gasteiger partial charge on any atom is -0.507 e. The summed E-state index contributed by atoms with van der Waals surface area (Å²) in [6.45, 7) is 15.7. The zero-order chi connectivity index (χ0) is 19.8. The molecule has 0 saturated carbocycles. The predicted molar refractivity (Wildman–Crippen MR) is 101 cm³/mol. The standard InChI is InChI=1S/C19H33O5P/c1-9-19(10-2,24-25(21,22)23)13-11-14(17(3,4)5)16(20)15(12-13)18(6,7)8/h11-12,20H,9-10H2,1-8H3,(H2,21,22,23). The Morgan fingerprint density at radius 2 is 1.28 bits per heavy atom. The van der Waals surface area contributed by atoms with Crippen LogP contribution < -0.4 is 0 Å². The first-order valence-electron chi connectivity index (χ1n) is 8.72. The van der Waals surface area contributed by atoms with Gasteiger partial charge in [-0.15, -0.1) is 0 Å². The summed E-state index contributed by atoms with van der Waals surface area (Å²) in [6.07, 6.45) is 0.819. The molecule has 0 heterocycles. The van der Waals surface area contributed by atoms with Crippen LogP contribution in [0, 0.1) is 0 Å². The number of phosphoric acid groups is 1. The van der Waals surface area contributed by atoms with Crippen LogP contribution >= 0.6 is 7.82 Å². The Kier molecular flexibility index (Phi) is 6.24. The second kappa shape index (κ2) is 7.03. The van der Waals surface area contributed by atoms with Crippen molar-refractivity contribution in [3.63, 3.8) is 0 Å². The van der Waals surface area contributed by atoms with Gasteiger partial charge in [-0.2, -0.15) is 0 Å². The Morgan fingerprint density at radius 3 is 1.52 bits per heavy atom. The fourth-order valence-electron chi connectivity index (χ4n) is 3.11. The molecule has 3 N–H and O–H groups in total. The third-order valence-corrected chi connectivity index (χ3v) is 5.28. The summed E-state index contributed by atoms with van der Waals surface area (Å²) >= 11 is 0. The third-order valence-electron chi connectivity index (χ3n) is 4.69. The summed E-state index contributed by atoms with van der Waals surface area (Å²) in [5.41, 5.74) is 0.428. The van der Waals surface area contributed by atoms with Gasteiger partial charge in [0, 0.05) is 0 Å². The van der Waals surface area contributed by atoms with E-state index in [4.69, 9.17) is 4.52 Å². The zero-order valence-electron chi connectivity index (χ0n) is 16.7. The minimum absolute atomic E-state index is 0.237. The number of benzene rings is 1. The van der Waals surface area contributed by atoms with Crippen molar-refractivity contribution in [2.24, 2.45) is 0 Å². The maximum Gasteiger partial charge on any atom is 0.470 e. The van der Waals surface area contributed by atoms with Crippen molar-refractivity contribution < 1.29 is 24.0 Å². The second-order valence-electron chi connectivity index (χ2n) is 8.70. The van der Waals surface area contributed by atoms with Gasteiger partial charge in [0.15, 0.2) is 0 Å². The Bertz CT molecular complexity index is 622. The van der Waals surface area contributed by atoms with Crippen LogP contribution in [0.2, 0.25) is 0 Å². The highest BCUT2D eigenvalue weighted by atomic mass is 31.2. The topological polar surface area (TPSA) is 87.0 Å². The molecular formula is C19H33O5P. The lowest BCUT2D eigenvalue weighted by Gasteiger charge is -2.36. The fourth-order valence-corrected chi connectivity index (χ4v) is 3.93. The fraction of sp³-hybridized carbons (Fsp3) is 0.684. The lowest BCUT2D eigenvalue weighted by atomic mass is 9.75. The summed E-state index contributed by atoms with van der Waals surface area (Å²) < 4.78 is 16.9. The van der Waals surface area contributed by atoms with Crippen molar-refractivity contribution in [3.8, 4) is 5.75 Å². The van der Waals surface area contributed by atoms with E-state index < -0.39 is 13.4 Å². The van der Waals surface area contributed by atoms with E-state index in [2.05, 4.69) is 0 Å². The van der Waals surface area contributed by atoms with Crippen molar-refractivity contribution >= 4 is 7.82 Å². The lowest BCUT2D eigenvalue weighted by molar-refractivity contribution is 0.0228. The van der Waals surface area contributed by atoms with Crippen molar-refractivity contribution in [3.05, 3.63) is 28.8 Å². The summed E-state index contributed by atoms with van der Waals surface area (Å²) in [7, 11) is -4.67. The number of phenols is 1. The quantitative estimate of drug-likeness (QED) is 0.625. The molecule has 0 atom stereocenters. The molecule has 0 radical (unpaired) electrons. The number of rotatable bonds is 5. The first-order valence-corrected chi connectivity index (χ1v) is 10.2. The Balaban J connectivity index is 3.82. The van der Waals surface area contributed by atoms with Gasteiger partial charge in [-0.3, -0.25) is 4.52 Å². The number of hydrogen-bond acceptors (Lipinski definition) is 3. The van der Waals surface area contributed by atoms with Crippen LogP contribution in [0.4, 0.5) is 0 Å². The SMILES string of the molecule is CCC(CC)(OP(=O)(O)O)c1cc(C(C)(C)C)c(O)c(C(C)(C)C)c1. The van der Waals surface area contributed by atoms with E-state index in [-0.39, 0.29) is 16.6 Å². The summed E-state index contributed by atoms with van der Waals surface area (Å²) in [5, 5.41) is 10.8. The first-order chi connectivity index (χ1) is 11.1. The van der Waals surface area contributed by atoms with Crippen molar-refractivity contribution in [2.75, 3.05) is 0 Å². The highest BCUT2D eigenvalue weighted by molar-refractivity contribution is 7.46. The molecule has 0 aliphatic carbocycles. The normalized spacial score (nSPS) is 14.0. The molecule has 0 amide bonds. The van der Waals surface area contributed by atoms with Gasteiger partial charge < -0.3 is 14.9 Å². The maximum absolute atomic E-state index is 11.6. The summed E-state index contributed by atoms with van der Waals surface area (Å²) in [5.74, 6) is 0.237. The van der Waals surface area contributed by atoms with Crippen molar-refractivity contribution in [1.29, 1.82) is 0 Å². The Morgan fingerprint density at radius 1 is 0.920 bits per heavy atom. The molecule has 0 aromatic heterocycles. The average molecular weight is 372 g/mol. The monoisotopic (exact) mass is 372 g/mol. The van der Waals surface area contributed by atoms with Gasteiger partial charge >= 0.3 is 7.82 Å². The van der Waals surface area contributed by atoms with Crippen molar-refractivity contribution in [2.45, 2.75) is 84.7 Å². The van der Waals surface area contributed by atoms with E-state index in [1.54, 1.807) is 0 Å². The van der Waals surface area contributed by atoms with E-state index in [9.17, 15) is 19.5 Å². The Hall–Kier alpha value is -0.870. The first kappa shape index (κ1) is 22.2. The molecule has 0 aliphatic rings. The summed E-state index contributed by atoms with van der Waals surface area (Å²) in [4.78, 5) is 18.9. The molecule has 5 nitrogen and oxygen atoms in total. The molecule has 0 unspecified atom stereocenters. The van der Waals surface area contributed by atoms with E-state index in [1.807, 2.05) is 67.5 Å². The van der Waals surface area contributed by atoms with Gasteiger partial charge in [0.1, 0.15) is 11.4 Å². The summed E-state index contributed by atoms with van der Waals surface area (Å²) in [6, 6.07) is 3.65. The molecule has 1 aromatic rings. The minimum atomic E-state index is -4.67. The predicted octanol–water partition coefficient (Wildman–Crippen LogP) is 5.11. The smallest absolute Gasteiger partial charge is 0.470 e. The van der Waals surface area contributed by atoms with Gasteiger partial charge in [-0.25, -0.2) is 4.57 Å². The molecule has 6 heteroatoms. The van der Waals surface area contributed by atoms with E-state index in [1.165, 1.54) is 0 Å². The van der Waals surface area contributed by atoms with E-state index in [0.717, 1.165) is 11.1 Å².